The number of rotatable bonds is 3. The fourth-order valence-electron chi connectivity index (χ4n) is 4.57. The normalized spacial score (nSPS) is 28.5. The van der Waals surface area contributed by atoms with Crippen molar-refractivity contribution < 1.29 is 19.0 Å². The first-order valence-corrected chi connectivity index (χ1v) is 9.88. The SMILES string of the molecule is COC(=O)[C@@H]1C[C@H]2CCCC[C@@H]2N1Cc1cc2c(cc1Br)OCCO2. The van der Waals surface area contributed by atoms with Crippen molar-refractivity contribution in [3.05, 3.63) is 22.2 Å². The number of methoxy groups -OCH3 is 1. The lowest BCUT2D eigenvalue weighted by atomic mass is 9.84. The van der Waals surface area contributed by atoms with E-state index in [0.29, 0.717) is 25.2 Å². The van der Waals surface area contributed by atoms with Crippen LogP contribution in [0.4, 0.5) is 0 Å². The van der Waals surface area contributed by atoms with Gasteiger partial charge in [0, 0.05) is 17.1 Å². The standard InChI is InChI=1S/C19H24BrNO4/c1-23-19(22)16-8-12-4-2-3-5-15(12)21(16)11-13-9-17-18(10-14(13)20)25-7-6-24-17/h9-10,12,15-16H,2-8,11H2,1H3/t12-,15+,16+/m1/s1. The van der Waals surface area contributed by atoms with E-state index in [9.17, 15) is 4.79 Å². The van der Waals surface area contributed by atoms with Gasteiger partial charge in [0.1, 0.15) is 19.3 Å². The summed E-state index contributed by atoms with van der Waals surface area (Å²) in [7, 11) is 1.49. The molecule has 136 valence electrons. The molecule has 0 aromatic heterocycles. The fraction of sp³-hybridized carbons (Fsp3) is 0.632. The molecule has 0 bridgehead atoms. The predicted octanol–water partition coefficient (Wildman–Crippen LogP) is 3.53. The van der Waals surface area contributed by atoms with Crippen LogP contribution < -0.4 is 9.47 Å². The molecule has 1 saturated carbocycles. The fourth-order valence-corrected chi connectivity index (χ4v) is 5.02. The summed E-state index contributed by atoms with van der Waals surface area (Å²) in [5.41, 5.74) is 1.13. The molecular weight excluding hydrogens is 386 g/mol. The van der Waals surface area contributed by atoms with Crippen LogP contribution in [0.15, 0.2) is 16.6 Å². The number of hydrogen-bond acceptors (Lipinski definition) is 5. The van der Waals surface area contributed by atoms with Gasteiger partial charge in [0.05, 0.1) is 7.11 Å². The Bertz CT molecular complexity index is 665. The van der Waals surface area contributed by atoms with Crippen LogP contribution in [0.1, 0.15) is 37.7 Å². The minimum absolute atomic E-state index is 0.108. The van der Waals surface area contributed by atoms with Crippen molar-refractivity contribution in [1.29, 1.82) is 0 Å². The number of carbonyl (C=O) groups excluding carboxylic acids is 1. The van der Waals surface area contributed by atoms with Gasteiger partial charge in [-0.15, -0.1) is 0 Å². The number of likely N-dealkylation sites (tertiary alicyclic amines) is 1. The second-order valence-electron chi connectivity index (χ2n) is 7.15. The highest BCUT2D eigenvalue weighted by Crippen LogP contribution is 2.42. The van der Waals surface area contributed by atoms with Crippen molar-refractivity contribution in [2.24, 2.45) is 5.92 Å². The van der Waals surface area contributed by atoms with Crippen molar-refractivity contribution in [1.82, 2.24) is 4.90 Å². The van der Waals surface area contributed by atoms with Gasteiger partial charge in [-0.05, 0) is 42.9 Å². The Labute approximate surface area is 156 Å². The molecule has 2 heterocycles. The molecule has 0 radical (unpaired) electrons. The summed E-state index contributed by atoms with van der Waals surface area (Å²) in [5.74, 6) is 2.07. The lowest BCUT2D eigenvalue weighted by molar-refractivity contribution is -0.146. The average molecular weight is 410 g/mol. The second kappa shape index (κ2) is 7.16. The number of fused-ring (bicyclic) bond motifs is 2. The van der Waals surface area contributed by atoms with Crippen LogP contribution in [0, 0.1) is 5.92 Å². The van der Waals surface area contributed by atoms with E-state index in [4.69, 9.17) is 14.2 Å². The van der Waals surface area contributed by atoms with E-state index in [1.807, 2.05) is 12.1 Å². The molecule has 2 aliphatic heterocycles. The molecule has 1 aliphatic carbocycles. The molecule has 3 aliphatic rings. The molecule has 25 heavy (non-hydrogen) atoms. The third-order valence-electron chi connectivity index (χ3n) is 5.76. The largest absolute Gasteiger partial charge is 0.486 e. The van der Waals surface area contributed by atoms with Gasteiger partial charge in [0.25, 0.3) is 0 Å². The number of ether oxygens (including phenoxy) is 3. The van der Waals surface area contributed by atoms with Gasteiger partial charge < -0.3 is 14.2 Å². The third-order valence-corrected chi connectivity index (χ3v) is 6.50. The number of esters is 1. The van der Waals surface area contributed by atoms with Crippen molar-refractivity contribution in [3.63, 3.8) is 0 Å². The van der Waals surface area contributed by atoms with E-state index < -0.39 is 0 Å². The Morgan fingerprint density at radius 2 is 1.96 bits per heavy atom. The van der Waals surface area contributed by atoms with Crippen molar-refractivity contribution in [2.45, 2.75) is 50.7 Å². The van der Waals surface area contributed by atoms with Crippen LogP contribution in [0.25, 0.3) is 0 Å². The Hall–Kier alpha value is -1.27. The van der Waals surface area contributed by atoms with Crippen LogP contribution >= 0.6 is 15.9 Å². The van der Waals surface area contributed by atoms with Crippen molar-refractivity contribution in [2.75, 3.05) is 20.3 Å². The summed E-state index contributed by atoms with van der Waals surface area (Å²) in [6.45, 7) is 1.88. The average Bonchev–Trinajstić information content (AvgIpc) is 3.00. The Balaban J connectivity index is 1.61. The lowest BCUT2D eigenvalue weighted by Gasteiger charge is -2.33. The van der Waals surface area contributed by atoms with E-state index in [2.05, 4.69) is 20.8 Å². The monoisotopic (exact) mass is 409 g/mol. The van der Waals surface area contributed by atoms with E-state index in [0.717, 1.165) is 34.5 Å². The summed E-state index contributed by atoms with van der Waals surface area (Å²) < 4.78 is 17.5. The smallest absolute Gasteiger partial charge is 0.323 e. The van der Waals surface area contributed by atoms with Crippen molar-refractivity contribution >= 4 is 21.9 Å². The minimum atomic E-state index is -0.141. The highest BCUT2D eigenvalue weighted by Gasteiger charge is 2.45. The molecular formula is C19H24BrNO4. The first kappa shape index (κ1) is 17.2. The topological polar surface area (TPSA) is 48.0 Å². The van der Waals surface area contributed by atoms with Gasteiger partial charge in [-0.25, -0.2) is 0 Å². The molecule has 3 atom stereocenters. The molecule has 0 spiro atoms. The van der Waals surface area contributed by atoms with Gasteiger partial charge in [-0.2, -0.15) is 0 Å². The van der Waals surface area contributed by atoms with Gasteiger partial charge in [-0.3, -0.25) is 9.69 Å². The molecule has 1 aromatic rings. The Morgan fingerprint density at radius 3 is 2.72 bits per heavy atom. The lowest BCUT2D eigenvalue weighted by Crippen LogP contribution is -2.42. The number of carbonyl (C=O) groups is 1. The summed E-state index contributed by atoms with van der Waals surface area (Å²) in [5, 5.41) is 0. The predicted molar refractivity (Wildman–Crippen MR) is 96.8 cm³/mol. The third kappa shape index (κ3) is 3.26. The Morgan fingerprint density at radius 1 is 1.24 bits per heavy atom. The first-order valence-electron chi connectivity index (χ1n) is 9.09. The van der Waals surface area contributed by atoms with E-state index >= 15 is 0 Å². The van der Waals surface area contributed by atoms with Gasteiger partial charge in [0.15, 0.2) is 11.5 Å². The van der Waals surface area contributed by atoms with Crippen LogP contribution in [0.5, 0.6) is 11.5 Å². The molecule has 6 heteroatoms. The molecule has 2 fully saturated rings. The van der Waals surface area contributed by atoms with Gasteiger partial charge >= 0.3 is 5.97 Å². The highest BCUT2D eigenvalue weighted by molar-refractivity contribution is 9.10. The van der Waals surface area contributed by atoms with Gasteiger partial charge in [-0.1, -0.05) is 28.8 Å². The van der Waals surface area contributed by atoms with E-state index in [-0.39, 0.29) is 12.0 Å². The highest BCUT2D eigenvalue weighted by atomic mass is 79.9. The maximum atomic E-state index is 12.4. The Kier molecular flexibility index (Phi) is 4.91. The first-order chi connectivity index (χ1) is 12.2. The van der Waals surface area contributed by atoms with Crippen LogP contribution in [0.2, 0.25) is 0 Å². The minimum Gasteiger partial charge on any atom is -0.486 e. The van der Waals surface area contributed by atoms with Crippen molar-refractivity contribution in [3.8, 4) is 11.5 Å². The van der Waals surface area contributed by atoms with Gasteiger partial charge in [0.2, 0.25) is 0 Å². The van der Waals surface area contributed by atoms with E-state index in [1.165, 1.54) is 32.8 Å². The second-order valence-corrected chi connectivity index (χ2v) is 8.00. The molecule has 0 amide bonds. The quantitative estimate of drug-likeness (QED) is 0.714. The van der Waals surface area contributed by atoms with Crippen LogP contribution in [-0.2, 0) is 16.1 Å². The number of hydrogen-bond donors (Lipinski definition) is 0. The molecule has 0 N–H and O–H groups in total. The molecule has 4 rings (SSSR count). The number of benzene rings is 1. The molecule has 5 nitrogen and oxygen atoms in total. The number of nitrogens with zero attached hydrogens (tertiary/aromatic N) is 1. The molecule has 1 saturated heterocycles. The summed E-state index contributed by atoms with van der Waals surface area (Å²) >= 11 is 3.67. The zero-order valence-corrected chi connectivity index (χ0v) is 16.1. The summed E-state index contributed by atoms with van der Waals surface area (Å²) in [4.78, 5) is 14.7. The molecule has 0 unspecified atom stereocenters. The summed E-state index contributed by atoms with van der Waals surface area (Å²) in [6.07, 6.45) is 5.82. The van der Waals surface area contributed by atoms with Crippen LogP contribution in [0.3, 0.4) is 0 Å². The van der Waals surface area contributed by atoms with Crippen LogP contribution in [-0.4, -0.2) is 43.3 Å². The maximum Gasteiger partial charge on any atom is 0.323 e. The molecule has 1 aromatic carbocycles. The van der Waals surface area contributed by atoms with E-state index in [1.54, 1.807) is 0 Å². The maximum absolute atomic E-state index is 12.4. The zero-order chi connectivity index (χ0) is 17.4. The zero-order valence-electron chi connectivity index (χ0n) is 14.5. The summed E-state index contributed by atoms with van der Waals surface area (Å²) in [6, 6.07) is 4.35. The number of halogens is 1.